The molecule has 2 fully saturated rings. The molecule has 2 heterocycles. The number of amides is 1. The summed E-state index contributed by atoms with van der Waals surface area (Å²) >= 11 is 8.17. The van der Waals surface area contributed by atoms with Gasteiger partial charge in [0.25, 0.3) is 5.91 Å². The van der Waals surface area contributed by atoms with Gasteiger partial charge in [-0.3, -0.25) is 4.79 Å². The number of fused-ring (bicyclic) bond motifs is 1. The van der Waals surface area contributed by atoms with E-state index in [0.717, 1.165) is 35.3 Å². The molecule has 1 aromatic carbocycles. The van der Waals surface area contributed by atoms with E-state index in [0.29, 0.717) is 16.9 Å². The lowest BCUT2D eigenvalue weighted by atomic mass is 10.0. The predicted octanol–water partition coefficient (Wildman–Crippen LogP) is 2.66. The lowest BCUT2D eigenvalue weighted by Crippen LogP contribution is -2.32. The van der Waals surface area contributed by atoms with Crippen LogP contribution in [0.25, 0.3) is 0 Å². The molecule has 3 nitrogen and oxygen atoms in total. The summed E-state index contributed by atoms with van der Waals surface area (Å²) in [6.45, 7) is 3.83. The van der Waals surface area contributed by atoms with Crippen LogP contribution >= 0.6 is 46.6 Å². The maximum Gasteiger partial charge on any atom is 0.255 e. The number of carbonyl (C=O) groups is 1. The minimum Gasteiger partial charge on any atom is -0.338 e. The molecule has 0 aliphatic carbocycles. The third-order valence-corrected chi connectivity index (χ3v) is 5.01. The smallest absolute Gasteiger partial charge is 0.255 e. The highest BCUT2D eigenvalue weighted by atomic mass is 127. The SMILES string of the molecule is Cl.O=C(c1cc(Cl)ccc1I)N1C[C@H]2CNC[C@H]2C1. The van der Waals surface area contributed by atoms with Gasteiger partial charge in [-0.25, -0.2) is 0 Å². The zero-order chi connectivity index (χ0) is 12.7. The number of carbonyl (C=O) groups excluding carboxylic acids is 1. The molecule has 0 unspecified atom stereocenters. The lowest BCUT2D eigenvalue weighted by molar-refractivity contribution is 0.0780. The van der Waals surface area contributed by atoms with Gasteiger partial charge in [-0.15, -0.1) is 12.4 Å². The number of benzene rings is 1. The molecule has 2 saturated heterocycles. The van der Waals surface area contributed by atoms with Crippen LogP contribution in [0.1, 0.15) is 10.4 Å². The van der Waals surface area contributed by atoms with E-state index in [1.807, 2.05) is 17.0 Å². The van der Waals surface area contributed by atoms with Crippen LogP contribution in [0.3, 0.4) is 0 Å². The van der Waals surface area contributed by atoms with Crippen LogP contribution < -0.4 is 5.32 Å². The van der Waals surface area contributed by atoms with Crippen molar-refractivity contribution in [2.75, 3.05) is 26.2 Å². The highest BCUT2D eigenvalue weighted by molar-refractivity contribution is 14.1. The minimum atomic E-state index is 0. The van der Waals surface area contributed by atoms with Gasteiger partial charge in [-0.2, -0.15) is 0 Å². The van der Waals surface area contributed by atoms with Gasteiger partial charge in [0.05, 0.1) is 5.56 Å². The van der Waals surface area contributed by atoms with E-state index in [1.165, 1.54) is 0 Å². The number of nitrogens with zero attached hydrogens (tertiary/aromatic N) is 1. The first-order chi connectivity index (χ1) is 8.65. The second-order valence-corrected chi connectivity index (χ2v) is 6.61. The Balaban J connectivity index is 0.00000133. The first-order valence-corrected chi connectivity index (χ1v) is 7.56. The van der Waals surface area contributed by atoms with Gasteiger partial charge < -0.3 is 10.2 Å². The Morgan fingerprint density at radius 3 is 2.58 bits per heavy atom. The molecule has 2 atom stereocenters. The average molecular weight is 413 g/mol. The molecular weight excluding hydrogens is 398 g/mol. The topological polar surface area (TPSA) is 32.3 Å². The Labute approximate surface area is 137 Å². The fourth-order valence-corrected chi connectivity index (χ4v) is 3.59. The first kappa shape index (κ1) is 15.4. The molecule has 2 aliphatic rings. The highest BCUT2D eigenvalue weighted by Crippen LogP contribution is 2.28. The van der Waals surface area contributed by atoms with Crippen LogP contribution in [0.2, 0.25) is 5.02 Å². The highest BCUT2D eigenvalue weighted by Gasteiger charge is 2.38. The largest absolute Gasteiger partial charge is 0.338 e. The zero-order valence-corrected chi connectivity index (χ0v) is 14.0. The Morgan fingerprint density at radius 1 is 1.32 bits per heavy atom. The first-order valence-electron chi connectivity index (χ1n) is 6.10. The van der Waals surface area contributed by atoms with E-state index in [-0.39, 0.29) is 18.3 Å². The van der Waals surface area contributed by atoms with Gasteiger partial charge in [0.2, 0.25) is 0 Å². The van der Waals surface area contributed by atoms with Crippen LogP contribution in [0.5, 0.6) is 0 Å². The summed E-state index contributed by atoms with van der Waals surface area (Å²) in [5.41, 5.74) is 0.732. The van der Waals surface area contributed by atoms with E-state index in [4.69, 9.17) is 11.6 Å². The van der Waals surface area contributed by atoms with Crippen molar-refractivity contribution in [1.29, 1.82) is 0 Å². The van der Waals surface area contributed by atoms with Crippen molar-refractivity contribution >= 4 is 52.5 Å². The molecule has 2 aliphatic heterocycles. The van der Waals surface area contributed by atoms with Crippen molar-refractivity contribution in [3.05, 3.63) is 32.4 Å². The third kappa shape index (κ3) is 3.01. The quantitative estimate of drug-likeness (QED) is 0.719. The molecule has 1 N–H and O–H groups in total. The molecule has 3 rings (SSSR count). The zero-order valence-electron chi connectivity index (χ0n) is 10.2. The van der Waals surface area contributed by atoms with E-state index in [9.17, 15) is 4.79 Å². The lowest BCUT2D eigenvalue weighted by Gasteiger charge is -2.18. The normalized spacial score (nSPS) is 25.1. The summed E-state index contributed by atoms with van der Waals surface area (Å²) in [5.74, 6) is 1.38. The number of hydrogen-bond acceptors (Lipinski definition) is 2. The van der Waals surface area contributed by atoms with E-state index >= 15 is 0 Å². The molecule has 104 valence electrons. The van der Waals surface area contributed by atoms with E-state index in [2.05, 4.69) is 27.9 Å². The molecule has 0 saturated carbocycles. The Hall–Kier alpha value is -0.0400. The van der Waals surface area contributed by atoms with Crippen molar-refractivity contribution in [2.24, 2.45) is 11.8 Å². The summed E-state index contributed by atoms with van der Waals surface area (Å²) in [6.07, 6.45) is 0. The van der Waals surface area contributed by atoms with Crippen molar-refractivity contribution in [3.8, 4) is 0 Å². The van der Waals surface area contributed by atoms with Gasteiger partial charge in [0, 0.05) is 34.8 Å². The molecule has 0 radical (unpaired) electrons. The van der Waals surface area contributed by atoms with Crippen LogP contribution in [-0.2, 0) is 0 Å². The third-order valence-electron chi connectivity index (χ3n) is 3.84. The second kappa shape index (κ2) is 6.16. The average Bonchev–Trinajstić information content (AvgIpc) is 2.91. The van der Waals surface area contributed by atoms with Crippen LogP contribution in [0, 0.1) is 15.4 Å². The van der Waals surface area contributed by atoms with Crippen molar-refractivity contribution < 1.29 is 4.79 Å². The summed E-state index contributed by atoms with van der Waals surface area (Å²) in [7, 11) is 0. The number of halogens is 3. The summed E-state index contributed by atoms with van der Waals surface area (Å²) in [4.78, 5) is 14.5. The number of nitrogens with one attached hydrogen (secondary N) is 1. The molecule has 1 amide bonds. The van der Waals surface area contributed by atoms with Gasteiger partial charge in [0.1, 0.15) is 0 Å². The van der Waals surface area contributed by atoms with Crippen molar-refractivity contribution in [2.45, 2.75) is 0 Å². The van der Waals surface area contributed by atoms with E-state index < -0.39 is 0 Å². The molecule has 0 bridgehead atoms. The van der Waals surface area contributed by atoms with Gasteiger partial charge in [-0.1, -0.05) is 11.6 Å². The van der Waals surface area contributed by atoms with Gasteiger partial charge in [0.15, 0.2) is 0 Å². The van der Waals surface area contributed by atoms with E-state index in [1.54, 1.807) is 6.07 Å². The number of rotatable bonds is 1. The van der Waals surface area contributed by atoms with Crippen LogP contribution in [0.4, 0.5) is 0 Å². The molecule has 19 heavy (non-hydrogen) atoms. The maximum absolute atomic E-state index is 12.5. The summed E-state index contributed by atoms with van der Waals surface area (Å²) in [6, 6.07) is 5.50. The van der Waals surface area contributed by atoms with Crippen molar-refractivity contribution in [3.63, 3.8) is 0 Å². The minimum absolute atomic E-state index is 0. The Bertz CT molecular complexity index is 486. The second-order valence-electron chi connectivity index (χ2n) is 5.01. The monoisotopic (exact) mass is 412 g/mol. The van der Waals surface area contributed by atoms with Gasteiger partial charge in [-0.05, 0) is 52.6 Å². The van der Waals surface area contributed by atoms with Crippen molar-refractivity contribution in [1.82, 2.24) is 10.2 Å². The van der Waals surface area contributed by atoms with Crippen LogP contribution in [0.15, 0.2) is 18.2 Å². The predicted molar refractivity (Wildman–Crippen MR) is 87.2 cm³/mol. The Morgan fingerprint density at radius 2 is 1.95 bits per heavy atom. The summed E-state index contributed by atoms with van der Waals surface area (Å²) in [5, 5.41) is 4.01. The summed E-state index contributed by atoms with van der Waals surface area (Å²) < 4.78 is 0.970. The Kier molecular flexibility index (Phi) is 4.98. The number of hydrogen-bond donors (Lipinski definition) is 1. The van der Waals surface area contributed by atoms with Crippen LogP contribution in [-0.4, -0.2) is 37.0 Å². The molecular formula is C13H15Cl2IN2O. The maximum atomic E-state index is 12.5. The molecule has 0 spiro atoms. The standard InChI is InChI=1S/C13H14ClIN2O.ClH/c14-10-1-2-12(15)11(3-10)13(18)17-6-8-4-16-5-9(8)7-17;/h1-3,8-9,16H,4-7H2;1H/t8-,9+;. The fraction of sp³-hybridized carbons (Fsp3) is 0.462. The fourth-order valence-electron chi connectivity index (χ4n) is 2.85. The molecule has 1 aromatic rings. The molecule has 6 heteroatoms. The van der Waals surface area contributed by atoms with Gasteiger partial charge >= 0.3 is 0 Å². The number of likely N-dealkylation sites (tertiary alicyclic amines) is 1. The molecule has 0 aromatic heterocycles.